The number of pyridine rings is 1. The Morgan fingerprint density at radius 3 is 1.72 bits per heavy atom. The van der Waals surface area contributed by atoms with E-state index in [1.54, 1.807) is 0 Å². The minimum atomic E-state index is 1.06. The third-order valence-corrected chi connectivity index (χ3v) is 5.11. The first-order chi connectivity index (χ1) is 12.3. The first kappa shape index (κ1) is 14.2. The van der Waals surface area contributed by atoms with E-state index in [0.717, 1.165) is 5.69 Å². The molecule has 0 N–H and O–H groups in total. The van der Waals surface area contributed by atoms with Gasteiger partial charge in [0.15, 0.2) is 0 Å². The second-order valence-corrected chi connectivity index (χ2v) is 6.47. The van der Waals surface area contributed by atoms with Crippen LogP contribution in [0.2, 0.25) is 0 Å². The van der Waals surface area contributed by atoms with Gasteiger partial charge in [-0.25, -0.2) is 0 Å². The van der Waals surface area contributed by atoms with Gasteiger partial charge in [-0.1, -0.05) is 72.8 Å². The third-order valence-electron chi connectivity index (χ3n) is 5.11. The van der Waals surface area contributed by atoms with Crippen LogP contribution in [0.25, 0.3) is 43.6 Å². The number of nitrogens with zero attached hydrogens (tertiary/aromatic N) is 1. The van der Waals surface area contributed by atoms with Crippen molar-refractivity contribution in [3.05, 3.63) is 90.6 Å². The lowest BCUT2D eigenvalue weighted by molar-refractivity contribution is 1.37. The van der Waals surface area contributed by atoms with E-state index in [4.69, 9.17) is 4.98 Å². The van der Waals surface area contributed by atoms with Crippen LogP contribution in [0.4, 0.5) is 0 Å². The van der Waals surface area contributed by atoms with Gasteiger partial charge in [-0.15, -0.1) is 0 Å². The minimum Gasteiger partial charge on any atom is -0.256 e. The Kier molecular flexibility index (Phi) is 3.07. The summed E-state index contributed by atoms with van der Waals surface area (Å²) in [5.74, 6) is 0. The fraction of sp³-hybridized carbons (Fsp3) is 0.0417. The van der Waals surface area contributed by atoms with Crippen LogP contribution in [0.5, 0.6) is 0 Å². The molecule has 0 saturated carbocycles. The van der Waals surface area contributed by atoms with Crippen molar-refractivity contribution in [3.63, 3.8) is 0 Å². The molecule has 5 rings (SSSR count). The molecule has 0 saturated heterocycles. The summed E-state index contributed by atoms with van der Waals surface area (Å²) in [6, 6.07) is 27.9. The highest BCUT2D eigenvalue weighted by atomic mass is 14.7. The maximum atomic E-state index is 4.81. The van der Waals surface area contributed by atoms with Crippen LogP contribution >= 0.6 is 0 Å². The SMILES string of the molecule is Cc1c2ccccc2c(-c2nccc3ccccc23)c2ccccc12. The van der Waals surface area contributed by atoms with E-state index in [2.05, 4.69) is 85.8 Å². The quantitative estimate of drug-likeness (QED) is 0.321. The first-order valence-electron chi connectivity index (χ1n) is 8.59. The topological polar surface area (TPSA) is 12.9 Å². The second kappa shape index (κ2) is 5.42. The molecule has 0 fully saturated rings. The van der Waals surface area contributed by atoms with E-state index in [1.165, 1.54) is 43.4 Å². The molecule has 1 heterocycles. The monoisotopic (exact) mass is 319 g/mol. The van der Waals surface area contributed by atoms with Crippen molar-refractivity contribution >= 4 is 32.3 Å². The van der Waals surface area contributed by atoms with E-state index in [1.807, 2.05) is 6.20 Å². The van der Waals surface area contributed by atoms with E-state index in [9.17, 15) is 0 Å². The fourth-order valence-electron chi connectivity index (χ4n) is 3.92. The van der Waals surface area contributed by atoms with Gasteiger partial charge in [-0.05, 0) is 45.5 Å². The zero-order chi connectivity index (χ0) is 16.8. The zero-order valence-corrected chi connectivity index (χ0v) is 14.0. The molecule has 118 valence electrons. The molecule has 0 atom stereocenters. The van der Waals surface area contributed by atoms with Crippen molar-refractivity contribution in [3.8, 4) is 11.3 Å². The van der Waals surface area contributed by atoms with Crippen LogP contribution in [0.1, 0.15) is 5.56 Å². The van der Waals surface area contributed by atoms with Gasteiger partial charge in [0.2, 0.25) is 0 Å². The van der Waals surface area contributed by atoms with Gasteiger partial charge in [0.1, 0.15) is 0 Å². The van der Waals surface area contributed by atoms with Gasteiger partial charge >= 0.3 is 0 Å². The number of hydrogen-bond acceptors (Lipinski definition) is 1. The Hall–Kier alpha value is -3.19. The summed E-state index contributed by atoms with van der Waals surface area (Å²) in [6.45, 7) is 2.21. The highest BCUT2D eigenvalue weighted by molar-refractivity contribution is 6.17. The second-order valence-electron chi connectivity index (χ2n) is 6.47. The maximum absolute atomic E-state index is 4.81. The summed E-state index contributed by atoms with van der Waals surface area (Å²) in [5, 5.41) is 7.55. The van der Waals surface area contributed by atoms with Crippen LogP contribution in [0.3, 0.4) is 0 Å². The van der Waals surface area contributed by atoms with Crippen LogP contribution in [0.15, 0.2) is 85.1 Å². The largest absolute Gasteiger partial charge is 0.256 e. The first-order valence-corrected chi connectivity index (χ1v) is 8.59. The Labute approximate surface area is 146 Å². The molecule has 5 aromatic rings. The number of rotatable bonds is 1. The fourth-order valence-corrected chi connectivity index (χ4v) is 3.92. The van der Waals surface area contributed by atoms with Crippen LogP contribution in [0, 0.1) is 6.92 Å². The van der Waals surface area contributed by atoms with Gasteiger partial charge in [0.05, 0.1) is 5.69 Å². The molecule has 0 bridgehead atoms. The zero-order valence-electron chi connectivity index (χ0n) is 14.0. The van der Waals surface area contributed by atoms with Crippen LogP contribution in [-0.4, -0.2) is 4.98 Å². The normalized spacial score (nSPS) is 11.4. The van der Waals surface area contributed by atoms with Crippen molar-refractivity contribution in [2.45, 2.75) is 6.92 Å². The van der Waals surface area contributed by atoms with E-state index < -0.39 is 0 Å². The Morgan fingerprint density at radius 1 is 0.560 bits per heavy atom. The summed E-state index contributed by atoms with van der Waals surface area (Å²) >= 11 is 0. The smallest absolute Gasteiger partial charge is 0.0792 e. The van der Waals surface area contributed by atoms with Crippen molar-refractivity contribution in [2.75, 3.05) is 0 Å². The molecule has 25 heavy (non-hydrogen) atoms. The summed E-state index contributed by atoms with van der Waals surface area (Å²) in [6.07, 6.45) is 1.92. The Bertz CT molecular complexity index is 1190. The molecule has 0 spiro atoms. The number of hydrogen-bond donors (Lipinski definition) is 0. The predicted molar refractivity (Wildman–Crippen MR) is 107 cm³/mol. The predicted octanol–water partition coefficient (Wildman–Crippen LogP) is 6.52. The minimum absolute atomic E-state index is 1.06. The molecular weight excluding hydrogens is 302 g/mol. The van der Waals surface area contributed by atoms with E-state index >= 15 is 0 Å². The number of fused-ring (bicyclic) bond motifs is 3. The summed E-state index contributed by atoms with van der Waals surface area (Å²) in [7, 11) is 0. The average Bonchev–Trinajstić information content (AvgIpc) is 2.68. The van der Waals surface area contributed by atoms with E-state index in [0.29, 0.717) is 0 Å². The number of benzene rings is 4. The molecule has 0 aliphatic rings. The molecule has 0 aliphatic carbocycles. The number of aromatic nitrogens is 1. The molecule has 1 nitrogen and oxygen atoms in total. The van der Waals surface area contributed by atoms with Gasteiger partial charge in [-0.2, -0.15) is 0 Å². The molecule has 0 aliphatic heterocycles. The lowest BCUT2D eigenvalue weighted by atomic mass is 9.89. The summed E-state index contributed by atoms with van der Waals surface area (Å²) < 4.78 is 0. The third kappa shape index (κ3) is 2.06. The Balaban J connectivity index is 2.06. The van der Waals surface area contributed by atoms with Crippen LogP contribution < -0.4 is 0 Å². The Morgan fingerprint density at radius 2 is 1.08 bits per heavy atom. The summed E-state index contributed by atoms with van der Waals surface area (Å²) in [4.78, 5) is 4.81. The highest BCUT2D eigenvalue weighted by Crippen LogP contribution is 2.40. The molecular formula is C24H17N. The van der Waals surface area contributed by atoms with Gasteiger partial charge in [-0.3, -0.25) is 4.98 Å². The van der Waals surface area contributed by atoms with Crippen molar-refractivity contribution in [1.29, 1.82) is 0 Å². The van der Waals surface area contributed by atoms with Crippen molar-refractivity contribution in [2.24, 2.45) is 0 Å². The number of aryl methyl sites for hydroxylation is 1. The van der Waals surface area contributed by atoms with E-state index in [-0.39, 0.29) is 0 Å². The van der Waals surface area contributed by atoms with Crippen LogP contribution in [-0.2, 0) is 0 Å². The molecule has 0 amide bonds. The maximum Gasteiger partial charge on any atom is 0.0792 e. The average molecular weight is 319 g/mol. The lowest BCUT2D eigenvalue weighted by Crippen LogP contribution is -1.92. The van der Waals surface area contributed by atoms with Gasteiger partial charge < -0.3 is 0 Å². The molecule has 1 aromatic heterocycles. The van der Waals surface area contributed by atoms with Crippen molar-refractivity contribution in [1.82, 2.24) is 4.98 Å². The standard InChI is InChI=1S/C24H17N/c1-16-18-9-4-6-12-21(18)23(22-13-7-5-10-19(16)22)24-20-11-3-2-8-17(20)14-15-25-24/h2-15H,1H3. The molecule has 0 unspecified atom stereocenters. The molecule has 4 aromatic carbocycles. The van der Waals surface area contributed by atoms with Gasteiger partial charge in [0.25, 0.3) is 0 Å². The van der Waals surface area contributed by atoms with Gasteiger partial charge in [0, 0.05) is 17.1 Å². The lowest BCUT2D eigenvalue weighted by Gasteiger charge is -2.15. The molecule has 1 heteroatoms. The summed E-state index contributed by atoms with van der Waals surface area (Å²) in [5.41, 5.74) is 3.62. The highest BCUT2D eigenvalue weighted by Gasteiger charge is 2.15. The van der Waals surface area contributed by atoms with Crippen molar-refractivity contribution < 1.29 is 0 Å². The molecule has 0 radical (unpaired) electrons.